The van der Waals surface area contributed by atoms with E-state index in [1.807, 2.05) is 0 Å². The van der Waals surface area contributed by atoms with Gasteiger partial charge in [0.2, 0.25) is 11.8 Å². The third-order valence-corrected chi connectivity index (χ3v) is 8.39. The molecule has 0 radical (unpaired) electrons. The molecule has 5 amide bonds. The van der Waals surface area contributed by atoms with E-state index in [1.54, 1.807) is 45.0 Å². The second-order valence-electron chi connectivity index (χ2n) is 13.0. The Balaban J connectivity index is 1.61. The maximum Gasteiger partial charge on any atom is 0.410 e. The van der Waals surface area contributed by atoms with Gasteiger partial charge in [0.05, 0.1) is 5.69 Å². The molecule has 2 unspecified atom stereocenters. The van der Waals surface area contributed by atoms with Gasteiger partial charge in [-0.1, -0.05) is 24.3 Å². The molecule has 3 atom stereocenters. The second-order valence-corrected chi connectivity index (χ2v) is 13.0. The van der Waals surface area contributed by atoms with Gasteiger partial charge in [-0.2, -0.15) is 0 Å². The van der Waals surface area contributed by atoms with Crippen molar-refractivity contribution in [3.63, 3.8) is 0 Å². The van der Waals surface area contributed by atoms with Gasteiger partial charge in [0.15, 0.2) is 0 Å². The highest BCUT2D eigenvalue weighted by Gasteiger charge is 2.44. The van der Waals surface area contributed by atoms with Crippen LogP contribution in [0.4, 0.5) is 14.9 Å². The highest BCUT2D eigenvalue weighted by atomic mass is 19.1. The van der Waals surface area contributed by atoms with E-state index in [0.717, 1.165) is 16.5 Å². The van der Waals surface area contributed by atoms with Crippen LogP contribution in [0, 0.1) is 11.7 Å². The molecule has 1 saturated heterocycles. The Morgan fingerprint density at radius 3 is 2.46 bits per heavy atom. The Labute approximate surface area is 279 Å². The van der Waals surface area contributed by atoms with Gasteiger partial charge in [0.1, 0.15) is 29.5 Å². The number of hydrogen-bond donors (Lipinski definition) is 4. The normalized spacial score (nSPS) is 17.5. The lowest BCUT2D eigenvalue weighted by Gasteiger charge is -2.36. The number of nitrogens with two attached hydrogens (primary N) is 1. The summed E-state index contributed by atoms with van der Waals surface area (Å²) in [7, 11) is 1.44. The first kappa shape index (κ1) is 36.3. The molecule has 13 nitrogen and oxygen atoms in total. The molecular formula is C34H45FN6O7. The fourth-order valence-electron chi connectivity index (χ4n) is 5.68. The summed E-state index contributed by atoms with van der Waals surface area (Å²) >= 11 is 0. The number of halogens is 1. The van der Waals surface area contributed by atoms with Crippen LogP contribution in [0.5, 0.6) is 0 Å². The topological polar surface area (TPSA) is 172 Å². The van der Waals surface area contributed by atoms with Crippen molar-refractivity contribution in [2.45, 2.75) is 70.8 Å². The van der Waals surface area contributed by atoms with Crippen LogP contribution in [0.2, 0.25) is 0 Å². The summed E-state index contributed by atoms with van der Waals surface area (Å²) in [6.07, 6.45) is 0.267. The van der Waals surface area contributed by atoms with E-state index in [2.05, 4.69) is 16.0 Å². The summed E-state index contributed by atoms with van der Waals surface area (Å²) in [5.74, 6) is -3.34. The van der Waals surface area contributed by atoms with Gasteiger partial charge in [0, 0.05) is 45.5 Å². The highest BCUT2D eigenvalue weighted by Crippen LogP contribution is 2.36. The van der Waals surface area contributed by atoms with E-state index in [0.29, 0.717) is 31.6 Å². The van der Waals surface area contributed by atoms with E-state index in [4.69, 9.17) is 15.2 Å². The second kappa shape index (κ2) is 15.6. The molecule has 0 saturated carbocycles. The van der Waals surface area contributed by atoms with Gasteiger partial charge >= 0.3 is 6.09 Å². The van der Waals surface area contributed by atoms with Crippen LogP contribution >= 0.6 is 0 Å². The van der Waals surface area contributed by atoms with Crippen LogP contribution in [0.25, 0.3) is 0 Å². The monoisotopic (exact) mass is 668 g/mol. The zero-order valence-electron chi connectivity index (χ0n) is 28.0. The molecule has 0 bridgehead atoms. The van der Waals surface area contributed by atoms with E-state index < -0.39 is 59.3 Å². The Kier molecular flexibility index (Phi) is 11.8. The number of nitrogens with one attached hydrogen (secondary N) is 3. The molecule has 260 valence electrons. The predicted octanol–water partition coefficient (Wildman–Crippen LogP) is 2.70. The van der Waals surface area contributed by atoms with Crippen LogP contribution in [-0.4, -0.2) is 90.6 Å². The molecule has 14 heteroatoms. The molecular weight excluding hydrogens is 623 g/mol. The zero-order chi connectivity index (χ0) is 35.2. The van der Waals surface area contributed by atoms with E-state index in [-0.39, 0.29) is 36.8 Å². The minimum atomic E-state index is -1.16. The van der Waals surface area contributed by atoms with E-state index >= 15 is 0 Å². The first-order valence-corrected chi connectivity index (χ1v) is 16.0. The van der Waals surface area contributed by atoms with Crippen LogP contribution < -0.4 is 21.7 Å². The number of hydrogen-bond acceptors (Lipinski definition) is 8. The fourth-order valence-corrected chi connectivity index (χ4v) is 5.68. The fraction of sp³-hybridized carbons (Fsp3) is 0.500. The smallest absolute Gasteiger partial charge is 0.410 e. The maximum absolute atomic E-state index is 14.9. The van der Waals surface area contributed by atoms with E-state index in [9.17, 15) is 28.4 Å². The number of amides is 5. The van der Waals surface area contributed by atoms with Gasteiger partial charge in [-0.15, -0.1) is 0 Å². The molecule has 0 spiro atoms. The minimum absolute atomic E-state index is 0.0695. The average Bonchev–Trinajstić information content (AvgIpc) is 3.45. The first-order valence-electron chi connectivity index (χ1n) is 16.0. The molecule has 2 aromatic rings. The third kappa shape index (κ3) is 8.66. The summed E-state index contributed by atoms with van der Waals surface area (Å²) in [5, 5.41) is 8.04. The van der Waals surface area contributed by atoms with Gasteiger partial charge in [0.25, 0.3) is 11.8 Å². The Bertz CT molecular complexity index is 1520. The predicted molar refractivity (Wildman–Crippen MR) is 175 cm³/mol. The summed E-state index contributed by atoms with van der Waals surface area (Å²) in [4.78, 5) is 69.7. The standard InChI is InChI=1S/C34H45FN6O7/c1-20(40(5)33(46)48-34(2,3)4)29(42)39-27(21-12-16-47-17-13-21)32(45)41-19-23-8-6-7-9-24(23)28(41)31(44)38-26-18-22(10-11-25(26)35)30(43)37-15-14-36/h6-11,18,20-21,27-28H,12-17,19,36H2,1-5H3,(H,37,43)(H,38,44)(H,39,42)/t20?,27?,28-/m0/s1. The molecule has 5 N–H and O–H groups in total. The van der Waals surface area contributed by atoms with Crippen molar-refractivity contribution in [3.05, 3.63) is 65.0 Å². The number of anilines is 1. The highest BCUT2D eigenvalue weighted by molar-refractivity contribution is 6.02. The molecule has 0 aliphatic carbocycles. The number of nitrogens with zero attached hydrogens (tertiary/aromatic N) is 2. The molecule has 48 heavy (non-hydrogen) atoms. The minimum Gasteiger partial charge on any atom is -0.444 e. The maximum atomic E-state index is 14.9. The Hall–Kier alpha value is -4.56. The number of rotatable bonds is 10. The molecule has 4 rings (SSSR count). The number of carbonyl (C=O) groups excluding carboxylic acids is 5. The number of likely N-dealkylation sites (N-methyl/N-ethyl adjacent to an activating group) is 1. The van der Waals surface area contributed by atoms with Crippen molar-refractivity contribution in [2.75, 3.05) is 38.7 Å². The van der Waals surface area contributed by atoms with Crippen molar-refractivity contribution < 1.29 is 37.8 Å². The number of benzene rings is 2. The lowest BCUT2D eigenvalue weighted by Crippen LogP contribution is -2.57. The van der Waals surface area contributed by atoms with Crippen molar-refractivity contribution in [2.24, 2.45) is 11.7 Å². The van der Waals surface area contributed by atoms with Gasteiger partial charge in [-0.05, 0) is 75.8 Å². The van der Waals surface area contributed by atoms with Crippen molar-refractivity contribution in [1.29, 1.82) is 0 Å². The molecule has 0 aromatic heterocycles. The van der Waals surface area contributed by atoms with Gasteiger partial charge in [-0.25, -0.2) is 9.18 Å². The summed E-state index contributed by atoms with van der Waals surface area (Å²) in [5.41, 5.74) is 5.85. The quantitative estimate of drug-likeness (QED) is 0.299. The number of fused-ring (bicyclic) bond motifs is 1. The van der Waals surface area contributed by atoms with Crippen molar-refractivity contribution in [3.8, 4) is 0 Å². The zero-order valence-corrected chi connectivity index (χ0v) is 28.0. The van der Waals surface area contributed by atoms with Crippen LogP contribution in [0.15, 0.2) is 42.5 Å². The van der Waals surface area contributed by atoms with Crippen LogP contribution in [-0.2, 0) is 30.4 Å². The molecule has 2 aromatic carbocycles. The van der Waals surface area contributed by atoms with Crippen LogP contribution in [0.1, 0.15) is 68.1 Å². The van der Waals surface area contributed by atoms with E-state index in [1.165, 1.54) is 31.0 Å². The lowest BCUT2D eigenvalue weighted by molar-refractivity contribution is -0.144. The molecule has 2 aliphatic rings. The number of ether oxygens (including phenoxy) is 2. The first-order chi connectivity index (χ1) is 22.7. The average molecular weight is 669 g/mol. The van der Waals surface area contributed by atoms with Crippen molar-refractivity contribution >= 4 is 35.4 Å². The van der Waals surface area contributed by atoms with Gasteiger partial charge in [-0.3, -0.25) is 24.1 Å². The third-order valence-electron chi connectivity index (χ3n) is 8.39. The Morgan fingerprint density at radius 2 is 1.79 bits per heavy atom. The largest absolute Gasteiger partial charge is 0.444 e. The summed E-state index contributed by atoms with van der Waals surface area (Å²) in [6, 6.07) is 7.44. The van der Waals surface area contributed by atoms with Gasteiger partial charge < -0.3 is 36.1 Å². The SMILES string of the molecule is CC(C(=O)NC(C(=O)N1Cc2ccccc2[C@H]1C(=O)Nc1cc(C(=O)NCCN)ccc1F)C1CCOCC1)N(C)C(=O)OC(C)(C)C. The Morgan fingerprint density at radius 1 is 1.10 bits per heavy atom. The summed E-state index contributed by atoms with van der Waals surface area (Å²) in [6.45, 7) is 7.96. The summed E-state index contributed by atoms with van der Waals surface area (Å²) < 4.78 is 25.9. The molecule has 1 fully saturated rings. The molecule has 2 heterocycles. The van der Waals surface area contributed by atoms with Crippen LogP contribution in [0.3, 0.4) is 0 Å². The van der Waals surface area contributed by atoms with Crippen molar-refractivity contribution in [1.82, 2.24) is 20.4 Å². The number of carbonyl (C=O) groups is 5. The lowest BCUT2D eigenvalue weighted by atomic mass is 9.90. The molecule has 2 aliphatic heterocycles.